The van der Waals surface area contributed by atoms with Crippen LogP contribution in [-0.2, 0) is 9.59 Å². The summed E-state index contributed by atoms with van der Waals surface area (Å²) in [7, 11) is 0. The molecule has 4 rings (SSSR count). The second kappa shape index (κ2) is 15.6. The summed E-state index contributed by atoms with van der Waals surface area (Å²) in [4.78, 5) is 37.5. The zero-order valence-electron chi connectivity index (χ0n) is 27.3. The van der Waals surface area contributed by atoms with Crippen molar-refractivity contribution in [1.29, 1.82) is 0 Å². The molecule has 48 heavy (non-hydrogen) atoms. The van der Waals surface area contributed by atoms with Crippen LogP contribution >= 0.6 is 0 Å². The third-order valence-electron chi connectivity index (χ3n) is 8.10. The first-order valence-electron chi connectivity index (χ1n) is 15.7. The molecule has 0 spiro atoms. The summed E-state index contributed by atoms with van der Waals surface area (Å²) in [6.45, 7) is 8.13. The molecule has 0 aliphatic carbocycles. The lowest BCUT2D eigenvalue weighted by atomic mass is 9.78. The molecular weight excluding hydrogens is 621 g/mol. The number of benzene rings is 4. The molecule has 4 aromatic carbocycles. The van der Waals surface area contributed by atoms with E-state index in [1.165, 1.54) is 29.8 Å². The zero-order chi connectivity index (χ0) is 35.0. The zero-order valence-corrected chi connectivity index (χ0v) is 27.3. The first kappa shape index (κ1) is 35.7. The number of rotatable bonds is 13. The van der Waals surface area contributed by atoms with Gasteiger partial charge >= 0.3 is 12.3 Å². The number of anilines is 1. The molecule has 0 radical (unpaired) electrons. The Hall–Kier alpha value is -5.12. The molecule has 0 aliphatic heterocycles. The van der Waals surface area contributed by atoms with Crippen molar-refractivity contribution in [3.63, 3.8) is 0 Å². The van der Waals surface area contributed by atoms with E-state index in [0.29, 0.717) is 29.7 Å². The van der Waals surface area contributed by atoms with Crippen LogP contribution in [0.2, 0.25) is 0 Å². The molecule has 2 atom stereocenters. The van der Waals surface area contributed by atoms with Gasteiger partial charge in [-0.3, -0.25) is 14.4 Å². The van der Waals surface area contributed by atoms with Crippen LogP contribution in [0, 0.1) is 20.8 Å². The molecule has 3 N–H and O–H groups in total. The van der Waals surface area contributed by atoms with Crippen LogP contribution in [0.25, 0.3) is 11.1 Å². The van der Waals surface area contributed by atoms with Crippen LogP contribution in [0.3, 0.4) is 0 Å². The summed E-state index contributed by atoms with van der Waals surface area (Å²) < 4.78 is 42.7. The average molecular weight is 661 g/mol. The minimum absolute atomic E-state index is 0.0180. The van der Waals surface area contributed by atoms with E-state index >= 15 is 0 Å². The number of carboxylic acids is 1. The molecule has 0 saturated heterocycles. The highest BCUT2D eigenvalue weighted by molar-refractivity contribution is 5.97. The van der Waals surface area contributed by atoms with Crippen molar-refractivity contribution in [2.75, 3.05) is 11.9 Å². The van der Waals surface area contributed by atoms with Gasteiger partial charge in [-0.15, -0.1) is 13.2 Å². The summed E-state index contributed by atoms with van der Waals surface area (Å²) in [5.41, 5.74) is 7.76. The first-order chi connectivity index (χ1) is 22.8. The summed E-state index contributed by atoms with van der Waals surface area (Å²) >= 11 is 0. The highest BCUT2D eigenvalue weighted by atomic mass is 19.4. The smallest absolute Gasteiger partial charge is 0.481 e. The standard InChI is InChI=1S/C38H39F3N2O5/c1-5-6-32(26-7-9-29(10-8-26)36(46)42-20-19-33(44)45)35(28-13-17-31(18-14-28)48-38(39,40)41)37(47)43-30-15-11-27(12-16-30)34-24(3)21-23(2)22-25(34)4/h7-18,21-22,32,35H,5-6,19-20H2,1-4H3,(H,42,46)(H,43,47)(H,44,45)/t32-,35?/m1/s1. The van der Waals surface area contributed by atoms with E-state index in [4.69, 9.17) is 5.11 Å². The van der Waals surface area contributed by atoms with Crippen molar-refractivity contribution >= 4 is 23.5 Å². The number of nitrogens with one attached hydrogen (secondary N) is 2. The van der Waals surface area contributed by atoms with E-state index in [0.717, 1.165) is 27.8 Å². The second-order valence-corrected chi connectivity index (χ2v) is 11.9. The number of alkyl halides is 3. The summed E-state index contributed by atoms with van der Waals surface area (Å²) in [6.07, 6.45) is -3.80. The van der Waals surface area contributed by atoms with Crippen LogP contribution in [-0.4, -0.2) is 35.8 Å². The van der Waals surface area contributed by atoms with Gasteiger partial charge in [0.2, 0.25) is 5.91 Å². The summed E-state index contributed by atoms with van der Waals surface area (Å²) in [6, 6.07) is 23.8. The van der Waals surface area contributed by atoms with Crippen molar-refractivity contribution in [3.05, 3.63) is 118 Å². The van der Waals surface area contributed by atoms with Crippen LogP contribution < -0.4 is 15.4 Å². The Bertz CT molecular complexity index is 1710. The average Bonchev–Trinajstić information content (AvgIpc) is 3.01. The number of halogens is 3. The quantitative estimate of drug-likeness (QED) is 0.133. The van der Waals surface area contributed by atoms with Crippen molar-refractivity contribution < 1.29 is 37.4 Å². The predicted octanol–water partition coefficient (Wildman–Crippen LogP) is 8.69. The largest absolute Gasteiger partial charge is 0.573 e. The van der Waals surface area contributed by atoms with Crippen molar-refractivity contribution in [2.24, 2.45) is 0 Å². The van der Waals surface area contributed by atoms with Crippen molar-refractivity contribution in [3.8, 4) is 16.9 Å². The number of aryl methyl sites for hydroxylation is 3. The van der Waals surface area contributed by atoms with E-state index in [1.807, 2.05) is 31.2 Å². The first-order valence-corrected chi connectivity index (χ1v) is 15.7. The molecule has 7 nitrogen and oxygen atoms in total. The Morgan fingerprint density at radius 3 is 1.96 bits per heavy atom. The number of aliphatic carboxylic acids is 1. The highest BCUT2D eigenvalue weighted by Gasteiger charge is 2.33. The molecule has 2 amide bonds. The van der Waals surface area contributed by atoms with E-state index in [9.17, 15) is 27.6 Å². The number of ether oxygens (including phenoxy) is 1. The van der Waals surface area contributed by atoms with Gasteiger partial charge in [0.25, 0.3) is 5.91 Å². The molecular formula is C38H39F3N2O5. The van der Waals surface area contributed by atoms with Gasteiger partial charge < -0.3 is 20.5 Å². The van der Waals surface area contributed by atoms with Gasteiger partial charge in [-0.25, -0.2) is 0 Å². The number of hydrogen-bond acceptors (Lipinski definition) is 4. The fraction of sp³-hybridized carbons (Fsp3) is 0.289. The Balaban J connectivity index is 1.65. The van der Waals surface area contributed by atoms with Gasteiger partial charge in [0.1, 0.15) is 5.75 Å². The van der Waals surface area contributed by atoms with Crippen LogP contribution in [0.5, 0.6) is 5.75 Å². The maximum absolute atomic E-state index is 14.1. The van der Waals surface area contributed by atoms with Gasteiger partial charge in [0.15, 0.2) is 0 Å². The molecule has 252 valence electrons. The second-order valence-electron chi connectivity index (χ2n) is 11.9. The number of amides is 2. The van der Waals surface area contributed by atoms with Gasteiger partial charge in [0.05, 0.1) is 12.3 Å². The van der Waals surface area contributed by atoms with Gasteiger partial charge in [-0.05, 0) is 103 Å². The fourth-order valence-electron chi connectivity index (χ4n) is 6.12. The molecule has 0 aliphatic rings. The predicted molar refractivity (Wildman–Crippen MR) is 179 cm³/mol. The Morgan fingerprint density at radius 2 is 1.42 bits per heavy atom. The van der Waals surface area contributed by atoms with E-state index < -0.39 is 35.8 Å². The van der Waals surface area contributed by atoms with Crippen LogP contribution in [0.15, 0.2) is 84.9 Å². The van der Waals surface area contributed by atoms with Gasteiger partial charge in [-0.2, -0.15) is 0 Å². The van der Waals surface area contributed by atoms with E-state index in [-0.39, 0.29) is 18.9 Å². The molecule has 1 unspecified atom stereocenters. The minimum Gasteiger partial charge on any atom is -0.481 e. The minimum atomic E-state index is -4.85. The Labute approximate surface area is 278 Å². The van der Waals surface area contributed by atoms with Gasteiger partial charge in [-0.1, -0.05) is 67.4 Å². The Morgan fingerprint density at radius 1 is 0.833 bits per heavy atom. The summed E-state index contributed by atoms with van der Waals surface area (Å²) in [5, 5.41) is 14.4. The number of hydrogen-bond donors (Lipinski definition) is 3. The lowest BCUT2D eigenvalue weighted by Crippen LogP contribution is -2.27. The Kier molecular flexibility index (Phi) is 11.6. The number of carbonyl (C=O) groups is 3. The highest BCUT2D eigenvalue weighted by Crippen LogP contribution is 2.39. The lowest BCUT2D eigenvalue weighted by molar-refractivity contribution is -0.274. The normalized spacial score (nSPS) is 12.6. The number of carbonyl (C=O) groups excluding carboxylic acids is 2. The van der Waals surface area contributed by atoms with E-state index in [2.05, 4.69) is 48.3 Å². The monoisotopic (exact) mass is 660 g/mol. The SMILES string of the molecule is CCC[C@H](c1ccc(C(=O)NCCC(=O)O)cc1)C(C(=O)Nc1ccc(-c2c(C)cc(C)cc2C)cc1)c1ccc(OC(F)(F)F)cc1. The lowest BCUT2D eigenvalue weighted by Gasteiger charge is -2.28. The van der Waals surface area contributed by atoms with Crippen LogP contribution in [0.1, 0.15) is 76.2 Å². The van der Waals surface area contributed by atoms with Crippen molar-refractivity contribution in [1.82, 2.24) is 5.32 Å². The van der Waals surface area contributed by atoms with Crippen LogP contribution in [0.4, 0.5) is 18.9 Å². The molecule has 0 aromatic heterocycles. The molecule has 10 heteroatoms. The maximum Gasteiger partial charge on any atom is 0.573 e. The molecule has 0 fully saturated rings. The molecule has 0 saturated carbocycles. The molecule has 4 aromatic rings. The maximum atomic E-state index is 14.1. The fourth-order valence-corrected chi connectivity index (χ4v) is 6.12. The number of carboxylic acid groups (broad SMARTS) is 1. The van der Waals surface area contributed by atoms with E-state index in [1.54, 1.807) is 24.3 Å². The topological polar surface area (TPSA) is 105 Å². The third-order valence-corrected chi connectivity index (χ3v) is 8.10. The van der Waals surface area contributed by atoms with Crippen molar-refractivity contribution in [2.45, 2.75) is 65.2 Å². The summed E-state index contributed by atoms with van der Waals surface area (Å²) in [5.74, 6) is -3.39. The van der Waals surface area contributed by atoms with Gasteiger partial charge in [0, 0.05) is 17.8 Å². The third kappa shape index (κ3) is 9.47. The molecule has 0 bridgehead atoms. The molecule has 0 heterocycles.